The summed E-state index contributed by atoms with van der Waals surface area (Å²) in [5, 5.41) is 13.2. The van der Waals surface area contributed by atoms with Crippen LogP contribution in [-0.4, -0.2) is 27.6 Å². The molecule has 0 amide bonds. The molecule has 0 N–H and O–H groups in total. The second-order valence-corrected chi connectivity index (χ2v) is 8.04. The van der Waals surface area contributed by atoms with E-state index in [1.807, 2.05) is 30.3 Å². The number of carbonyl (C=O) groups excluding carboxylic acids is 1. The molecule has 0 bridgehead atoms. The molecule has 0 saturated heterocycles. The Kier molecular flexibility index (Phi) is 6.88. The molecule has 0 unspecified atom stereocenters. The summed E-state index contributed by atoms with van der Waals surface area (Å²) in [7, 11) is 1.28. The minimum absolute atomic E-state index is 0.234. The van der Waals surface area contributed by atoms with Crippen LogP contribution in [0.5, 0.6) is 0 Å². The average molecular weight is 477 g/mol. The predicted molar refractivity (Wildman–Crippen MR) is 128 cm³/mol. The van der Waals surface area contributed by atoms with Crippen LogP contribution in [0.2, 0.25) is 0 Å². The van der Waals surface area contributed by atoms with Crippen LogP contribution in [0, 0.1) is 10.1 Å². The van der Waals surface area contributed by atoms with Gasteiger partial charge in [-0.25, -0.2) is 9.78 Å². The minimum atomic E-state index is -0.616. The van der Waals surface area contributed by atoms with E-state index in [2.05, 4.69) is 4.98 Å². The number of methoxy groups -OCH3 is 1. The third-order valence-electron chi connectivity index (χ3n) is 5.01. The van der Waals surface area contributed by atoms with Gasteiger partial charge in [-0.05, 0) is 47.7 Å². The van der Waals surface area contributed by atoms with Crippen LogP contribution >= 0.6 is 11.8 Å². The molecule has 2 heterocycles. The lowest BCUT2D eigenvalue weighted by Crippen LogP contribution is -2.24. The number of hydrogen-bond acceptors (Lipinski definition) is 8. The highest BCUT2D eigenvalue weighted by Crippen LogP contribution is 2.23. The lowest BCUT2D eigenvalue weighted by atomic mass is 10.1. The van der Waals surface area contributed by atoms with Gasteiger partial charge in [-0.2, -0.15) is 0 Å². The van der Waals surface area contributed by atoms with E-state index < -0.39 is 10.9 Å². The van der Waals surface area contributed by atoms with Crippen LogP contribution in [0.25, 0.3) is 17.0 Å². The molecule has 0 aliphatic heterocycles. The molecule has 2 aromatic carbocycles. The van der Waals surface area contributed by atoms with Gasteiger partial charge in [0.25, 0.3) is 5.56 Å². The van der Waals surface area contributed by atoms with Gasteiger partial charge in [-0.3, -0.25) is 19.5 Å². The fraction of sp³-hybridized carbons (Fsp3) is 0.125. The molecule has 0 radical (unpaired) electrons. The van der Waals surface area contributed by atoms with Gasteiger partial charge in [-0.1, -0.05) is 42.1 Å². The van der Waals surface area contributed by atoms with E-state index in [0.717, 1.165) is 5.56 Å². The van der Waals surface area contributed by atoms with E-state index in [9.17, 15) is 19.7 Å². The van der Waals surface area contributed by atoms with Crippen molar-refractivity contribution in [2.24, 2.45) is 0 Å². The number of nitrogens with zero attached hydrogens (tertiary/aromatic N) is 3. The van der Waals surface area contributed by atoms with Crippen LogP contribution in [0.15, 0.2) is 80.4 Å². The zero-order chi connectivity index (χ0) is 24.1. The van der Waals surface area contributed by atoms with Crippen molar-refractivity contribution in [2.45, 2.75) is 18.1 Å². The summed E-state index contributed by atoms with van der Waals surface area (Å²) < 4.78 is 11.5. The van der Waals surface area contributed by atoms with Crippen LogP contribution in [0.4, 0.5) is 5.88 Å². The fourth-order valence-electron chi connectivity index (χ4n) is 3.31. The molecule has 0 aliphatic rings. The molecule has 4 aromatic rings. The van der Waals surface area contributed by atoms with Crippen molar-refractivity contribution in [3.8, 4) is 0 Å². The summed E-state index contributed by atoms with van der Waals surface area (Å²) >= 11 is 1.17. The van der Waals surface area contributed by atoms with Crippen molar-refractivity contribution in [1.29, 1.82) is 0 Å². The van der Waals surface area contributed by atoms with Gasteiger partial charge in [0.15, 0.2) is 5.16 Å². The zero-order valence-corrected chi connectivity index (χ0v) is 18.9. The Morgan fingerprint density at radius 3 is 2.71 bits per heavy atom. The number of benzene rings is 2. The summed E-state index contributed by atoms with van der Waals surface area (Å²) in [6.07, 6.45) is 2.18. The molecule has 9 nitrogen and oxygen atoms in total. The van der Waals surface area contributed by atoms with Gasteiger partial charge in [0, 0.05) is 6.54 Å². The largest absolute Gasteiger partial charge is 0.465 e. The Bertz CT molecular complexity index is 1440. The van der Waals surface area contributed by atoms with E-state index in [1.165, 1.54) is 43.1 Å². The van der Waals surface area contributed by atoms with Crippen LogP contribution in [0.3, 0.4) is 0 Å². The minimum Gasteiger partial charge on any atom is -0.465 e. The number of rotatable bonds is 8. The number of nitro groups is 1. The molecule has 0 atom stereocenters. The molecule has 10 heteroatoms. The number of hydrogen-bond donors (Lipinski definition) is 0. The highest BCUT2D eigenvalue weighted by atomic mass is 32.2. The Morgan fingerprint density at radius 1 is 1.21 bits per heavy atom. The van der Waals surface area contributed by atoms with E-state index in [0.29, 0.717) is 40.3 Å². The van der Waals surface area contributed by atoms with Gasteiger partial charge in [-0.15, -0.1) is 0 Å². The maximum absolute atomic E-state index is 13.3. The Labute approximate surface area is 197 Å². The summed E-state index contributed by atoms with van der Waals surface area (Å²) in [6, 6.07) is 17.1. The molecule has 0 spiro atoms. The Morgan fingerprint density at radius 2 is 2.00 bits per heavy atom. The number of aryl methyl sites for hydroxylation is 1. The molecule has 34 heavy (non-hydrogen) atoms. The smallest absolute Gasteiger partial charge is 0.433 e. The predicted octanol–water partition coefficient (Wildman–Crippen LogP) is 4.69. The van der Waals surface area contributed by atoms with E-state index in [1.54, 1.807) is 22.1 Å². The van der Waals surface area contributed by atoms with Crippen LogP contribution < -0.4 is 5.56 Å². The number of fused-ring (bicyclic) bond motifs is 1. The number of aromatic nitrogens is 2. The standard InChI is InChI=1S/C24H19N3O6S/c1-32-23(29)17-7-9-19-20(15-17)25-24(34-14-12-18-8-10-21(33-18)27(30)31)26(22(19)28)13-11-16-5-3-2-4-6-16/h2-10,12,14-15H,11,13H2,1H3/b14-12+. The van der Waals surface area contributed by atoms with Crippen molar-refractivity contribution in [3.63, 3.8) is 0 Å². The van der Waals surface area contributed by atoms with Crippen molar-refractivity contribution in [1.82, 2.24) is 9.55 Å². The van der Waals surface area contributed by atoms with Crippen molar-refractivity contribution < 1.29 is 18.9 Å². The van der Waals surface area contributed by atoms with Gasteiger partial charge in [0.2, 0.25) is 0 Å². The summed E-state index contributed by atoms with van der Waals surface area (Å²) in [5.41, 5.74) is 1.50. The van der Waals surface area contributed by atoms with Crippen molar-refractivity contribution in [3.05, 3.63) is 103 Å². The molecular formula is C24H19N3O6S. The second kappa shape index (κ2) is 10.2. The normalized spacial score (nSPS) is 11.2. The Hall–Kier alpha value is -4.18. The van der Waals surface area contributed by atoms with Gasteiger partial charge < -0.3 is 9.15 Å². The van der Waals surface area contributed by atoms with E-state index in [-0.39, 0.29) is 11.4 Å². The first kappa shape index (κ1) is 23.0. The fourth-order valence-corrected chi connectivity index (χ4v) is 4.09. The van der Waals surface area contributed by atoms with Crippen molar-refractivity contribution in [2.75, 3.05) is 7.11 Å². The SMILES string of the molecule is COC(=O)c1ccc2c(=O)n(CCc3ccccc3)c(S/C=C/c3ccc([N+](=O)[O-])o3)nc2c1. The van der Waals surface area contributed by atoms with E-state index >= 15 is 0 Å². The zero-order valence-electron chi connectivity index (χ0n) is 18.0. The summed E-state index contributed by atoms with van der Waals surface area (Å²) in [6.45, 7) is 0.396. The molecule has 0 fully saturated rings. The first-order chi connectivity index (χ1) is 16.5. The van der Waals surface area contributed by atoms with Gasteiger partial charge in [0.05, 0.1) is 29.6 Å². The maximum Gasteiger partial charge on any atom is 0.433 e. The number of esters is 1. The molecule has 0 saturated carbocycles. The molecule has 172 valence electrons. The molecule has 2 aromatic heterocycles. The highest BCUT2D eigenvalue weighted by molar-refractivity contribution is 8.02. The van der Waals surface area contributed by atoms with E-state index in [4.69, 9.17) is 9.15 Å². The first-order valence-electron chi connectivity index (χ1n) is 10.2. The molecular weight excluding hydrogens is 458 g/mol. The lowest BCUT2D eigenvalue weighted by Gasteiger charge is -2.12. The number of furan rings is 1. The quantitative estimate of drug-likeness (QED) is 0.118. The first-order valence-corrected chi connectivity index (χ1v) is 11.1. The topological polar surface area (TPSA) is 117 Å². The van der Waals surface area contributed by atoms with Gasteiger partial charge >= 0.3 is 11.9 Å². The van der Waals surface area contributed by atoms with Crippen molar-refractivity contribution >= 4 is 40.6 Å². The Balaban J connectivity index is 1.70. The number of thioether (sulfide) groups is 1. The van der Waals surface area contributed by atoms with Gasteiger partial charge in [0.1, 0.15) is 10.7 Å². The van der Waals surface area contributed by atoms with Crippen LogP contribution in [0.1, 0.15) is 21.7 Å². The second-order valence-electron chi connectivity index (χ2n) is 7.16. The maximum atomic E-state index is 13.3. The molecule has 0 aliphatic carbocycles. The number of ether oxygens (including phenoxy) is 1. The summed E-state index contributed by atoms with van der Waals surface area (Å²) in [4.78, 5) is 40.0. The monoisotopic (exact) mass is 477 g/mol. The highest BCUT2D eigenvalue weighted by Gasteiger charge is 2.15. The lowest BCUT2D eigenvalue weighted by molar-refractivity contribution is -0.402. The third-order valence-corrected chi connectivity index (χ3v) is 5.80. The van der Waals surface area contributed by atoms with Crippen LogP contribution in [-0.2, 0) is 17.7 Å². The summed E-state index contributed by atoms with van der Waals surface area (Å²) in [5.74, 6) is -0.583. The number of carbonyl (C=O) groups is 1. The molecule has 4 rings (SSSR count). The average Bonchev–Trinajstić information content (AvgIpc) is 3.33. The third kappa shape index (κ3) is 5.07.